The molecule has 26 heavy (non-hydrogen) atoms. The van der Waals surface area contributed by atoms with Gasteiger partial charge in [0.2, 0.25) is 0 Å². The van der Waals surface area contributed by atoms with Gasteiger partial charge in [-0.2, -0.15) is 23.8 Å². The van der Waals surface area contributed by atoms with Crippen molar-refractivity contribution in [1.82, 2.24) is 20.4 Å². The molecule has 0 radical (unpaired) electrons. The minimum absolute atomic E-state index is 0.603. The molecular formula is C22H35N4-. The minimum atomic E-state index is 0.603. The van der Waals surface area contributed by atoms with Gasteiger partial charge in [-0.15, -0.1) is 0 Å². The van der Waals surface area contributed by atoms with Crippen molar-refractivity contribution in [2.24, 2.45) is 5.92 Å². The van der Waals surface area contributed by atoms with Crippen LogP contribution >= 0.6 is 0 Å². The van der Waals surface area contributed by atoms with Crippen molar-refractivity contribution in [3.8, 4) is 0 Å². The second-order valence-electron chi connectivity index (χ2n) is 7.51. The maximum absolute atomic E-state index is 3.65. The molecule has 4 heteroatoms. The van der Waals surface area contributed by atoms with E-state index in [4.69, 9.17) is 0 Å². The molecule has 0 amide bonds. The summed E-state index contributed by atoms with van der Waals surface area (Å²) in [6, 6.07) is 8.76. The average molecular weight is 356 g/mol. The lowest BCUT2D eigenvalue weighted by atomic mass is 10.1. The van der Waals surface area contributed by atoms with E-state index in [1.807, 2.05) is 0 Å². The quantitative estimate of drug-likeness (QED) is 0.811. The molecule has 1 fully saturated rings. The minimum Gasteiger partial charge on any atom is -0.315 e. The van der Waals surface area contributed by atoms with E-state index in [9.17, 15) is 0 Å². The Morgan fingerprint density at radius 2 is 1.58 bits per heavy atom. The van der Waals surface area contributed by atoms with Gasteiger partial charge in [0.15, 0.2) is 0 Å². The zero-order valence-corrected chi connectivity index (χ0v) is 16.1. The molecule has 0 saturated carbocycles. The van der Waals surface area contributed by atoms with E-state index in [2.05, 4.69) is 69.0 Å². The molecule has 1 aliphatic heterocycles. The monoisotopic (exact) mass is 355 g/mol. The smallest absolute Gasteiger partial charge is 0.0107 e. The van der Waals surface area contributed by atoms with Gasteiger partial charge in [-0.05, 0) is 45.6 Å². The summed E-state index contributed by atoms with van der Waals surface area (Å²) in [7, 11) is 0. The number of nitrogens with one attached hydrogen (secondary N) is 2. The molecule has 4 nitrogen and oxygen atoms in total. The zero-order chi connectivity index (χ0) is 17.9. The molecule has 0 aromatic heterocycles. The Morgan fingerprint density at radius 3 is 2.27 bits per heavy atom. The highest BCUT2D eigenvalue weighted by Crippen LogP contribution is 2.11. The highest BCUT2D eigenvalue weighted by atomic mass is 15.2. The Labute approximate surface area is 159 Å². The Hall–Kier alpha value is -1.33. The molecule has 0 unspecified atom stereocenters. The van der Waals surface area contributed by atoms with E-state index >= 15 is 0 Å². The fourth-order valence-electron chi connectivity index (χ4n) is 3.82. The fourth-order valence-corrected chi connectivity index (χ4v) is 3.82. The van der Waals surface area contributed by atoms with Gasteiger partial charge in [0.05, 0.1) is 0 Å². The molecule has 2 N–H and O–H groups in total. The van der Waals surface area contributed by atoms with Crippen LogP contribution in [-0.4, -0.2) is 68.7 Å². The predicted molar refractivity (Wildman–Crippen MR) is 110 cm³/mol. The highest BCUT2D eigenvalue weighted by molar-refractivity contribution is 5.18. The SMILES string of the molecule is C1=CC(CN2CCCNCCN(Cc3cc[cH-]c3)CCCNCC2)C=C1. The summed E-state index contributed by atoms with van der Waals surface area (Å²) in [5, 5.41) is 7.30. The van der Waals surface area contributed by atoms with Crippen molar-refractivity contribution >= 4 is 0 Å². The summed E-state index contributed by atoms with van der Waals surface area (Å²) in [5.74, 6) is 0.603. The first kappa shape index (κ1) is 19.4. The van der Waals surface area contributed by atoms with E-state index in [0.29, 0.717) is 5.92 Å². The van der Waals surface area contributed by atoms with E-state index in [1.165, 1.54) is 31.5 Å². The summed E-state index contributed by atoms with van der Waals surface area (Å²) in [4.78, 5) is 5.20. The van der Waals surface area contributed by atoms with Crippen molar-refractivity contribution in [3.63, 3.8) is 0 Å². The first-order valence-electron chi connectivity index (χ1n) is 10.3. The molecule has 0 bridgehead atoms. The van der Waals surface area contributed by atoms with Gasteiger partial charge in [-0.3, -0.25) is 0 Å². The second kappa shape index (κ2) is 11.4. The van der Waals surface area contributed by atoms with E-state index in [-0.39, 0.29) is 0 Å². The Morgan fingerprint density at radius 1 is 0.885 bits per heavy atom. The van der Waals surface area contributed by atoms with Gasteiger partial charge in [-0.1, -0.05) is 24.3 Å². The third kappa shape index (κ3) is 7.12. The predicted octanol–water partition coefficient (Wildman–Crippen LogP) is 2.22. The normalized spacial score (nSPS) is 22.6. The van der Waals surface area contributed by atoms with E-state index < -0.39 is 0 Å². The Balaban J connectivity index is 1.42. The third-order valence-corrected chi connectivity index (χ3v) is 5.30. The molecule has 2 aliphatic rings. The van der Waals surface area contributed by atoms with Gasteiger partial charge in [0.25, 0.3) is 0 Å². The van der Waals surface area contributed by atoms with E-state index in [1.54, 1.807) is 0 Å². The van der Waals surface area contributed by atoms with Gasteiger partial charge in [0.1, 0.15) is 0 Å². The first-order valence-corrected chi connectivity index (χ1v) is 10.3. The Bertz CT molecular complexity index is 506. The van der Waals surface area contributed by atoms with Crippen LogP contribution in [0.3, 0.4) is 0 Å². The average Bonchev–Trinajstić information content (AvgIpc) is 3.33. The lowest BCUT2D eigenvalue weighted by Crippen LogP contribution is -2.39. The summed E-state index contributed by atoms with van der Waals surface area (Å²) in [5.41, 5.74) is 1.43. The summed E-state index contributed by atoms with van der Waals surface area (Å²) in [6.07, 6.45) is 11.4. The van der Waals surface area contributed by atoms with Gasteiger partial charge < -0.3 is 20.4 Å². The van der Waals surface area contributed by atoms with Crippen molar-refractivity contribution in [1.29, 1.82) is 0 Å². The number of nitrogens with zero attached hydrogens (tertiary/aromatic N) is 2. The summed E-state index contributed by atoms with van der Waals surface area (Å²) >= 11 is 0. The molecule has 144 valence electrons. The molecule has 0 atom stereocenters. The van der Waals surface area contributed by atoms with Gasteiger partial charge >= 0.3 is 0 Å². The summed E-state index contributed by atoms with van der Waals surface area (Å²) in [6.45, 7) is 11.3. The number of hydrogen-bond donors (Lipinski definition) is 2. The largest absolute Gasteiger partial charge is 0.315 e. The lowest BCUT2D eigenvalue weighted by Gasteiger charge is -2.27. The van der Waals surface area contributed by atoms with Crippen LogP contribution in [0.1, 0.15) is 18.4 Å². The van der Waals surface area contributed by atoms with Crippen LogP contribution in [0.5, 0.6) is 0 Å². The van der Waals surface area contributed by atoms with Crippen LogP contribution in [0.25, 0.3) is 0 Å². The molecule has 1 heterocycles. The zero-order valence-electron chi connectivity index (χ0n) is 16.1. The maximum Gasteiger partial charge on any atom is 0.0107 e. The van der Waals surface area contributed by atoms with Crippen molar-refractivity contribution in [3.05, 3.63) is 54.1 Å². The van der Waals surface area contributed by atoms with Crippen LogP contribution < -0.4 is 10.6 Å². The standard InChI is InChI=1S/C22H35N4/c1-2-8-21(7-1)19-25-15-5-11-24-14-18-26(16-6-12-23-13-17-25)20-22-9-3-4-10-22/h1-4,7-10,21,23-24H,5-6,11-20H2/q-1. The lowest BCUT2D eigenvalue weighted by molar-refractivity contribution is 0.240. The molecule has 1 aromatic rings. The third-order valence-electron chi connectivity index (χ3n) is 5.30. The van der Waals surface area contributed by atoms with E-state index in [0.717, 1.165) is 52.4 Å². The molecule has 1 saturated heterocycles. The maximum atomic E-state index is 3.65. The Kier molecular flexibility index (Phi) is 8.52. The molecule has 1 aliphatic carbocycles. The topological polar surface area (TPSA) is 30.5 Å². The van der Waals surface area contributed by atoms with Crippen molar-refractivity contribution < 1.29 is 0 Å². The number of hydrogen-bond acceptors (Lipinski definition) is 4. The van der Waals surface area contributed by atoms with Crippen LogP contribution in [-0.2, 0) is 6.54 Å². The van der Waals surface area contributed by atoms with Gasteiger partial charge in [0, 0.05) is 38.6 Å². The molecule has 0 spiro atoms. The van der Waals surface area contributed by atoms with Crippen LogP contribution in [0.2, 0.25) is 0 Å². The van der Waals surface area contributed by atoms with Crippen LogP contribution in [0.15, 0.2) is 48.6 Å². The van der Waals surface area contributed by atoms with Gasteiger partial charge in [-0.25, -0.2) is 6.07 Å². The highest BCUT2D eigenvalue weighted by Gasteiger charge is 2.11. The van der Waals surface area contributed by atoms with Crippen molar-refractivity contribution in [2.45, 2.75) is 19.4 Å². The first-order chi connectivity index (χ1) is 12.9. The van der Waals surface area contributed by atoms with Crippen molar-refractivity contribution in [2.75, 3.05) is 58.9 Å². The summed E-state index contributed by atoms with van der Waals surface area (Å²) < 4.78 is 0. The molecule has 3 rings (SSSR count). The molecular weight excluding hydrogens is 320 g/mol. The fraction of sp³-hybridized carbons (Fsp3) is 0.591. The van der Waals surface area contributed by atoms with Crippen LogP contribution in [0.4, 0.5) is 0 Å². The molecule has 1 aromatic carbocycles. The number of allylic oxidation sites excluding steroid dienone is 2. The van der Waals surface area contributed by atoms with Crippen LogP contribution in [0, 0.1) is 5.92 Å². The number of rotatable bonds is 4. The second-order valence-corrected chi connectivity index (χ2v) is 7.51.